The molecule has 1 aliphatic heterocycles. The molecule has 1 aromatic rings. The topological polar surface area (TPSA) is 12.0 Å². The molecule has 1 unspecified atom stereocenters. The standard InChI is InChI=1S/C10H9ClF3N/c11-8-2-1-6-5-15-9(10(12,13)14)4-7(6)3-8/h1-3,9,15H,4-5H2. The van der Waals surface area contributed by atoms with E-state index < -0.39 is 12.2 Å². The zero-order valence-corrected chi connectivity index (χ0v) is 8.49. The van der Waals surface area contributed by atoms with Crippen LogP contribution in [0.4, 0.5) is 13.2 Å². The van der Waals surface area contributed by atoms with Crippen LogP contribution in [0.2, 0.25) is 5.02 Å². The maximum absolute atomic E-state index is 12.4. The zero-order chi connectivity index (χ0) is 11.1. The van der Waals surface area contributed by atoms with Crippen LogP contribution in [0.15, 0.2) is 18.2 Å². The van der Waals surface area contributed by atoms with Crippen LogP contribution in [-0.4, -0.2) is 12.2 Å². The Morgan fingerprint density at radius 1 is 1.27 bits per heavy atom. The first-order chi connectivity index (χ1) is 6.97. The maximum atomic E-state index is 12.4. The quantitative estimate of drug-likeness (QED) is 0.729. The molecule has 1 atom stereocenters. The van der Waals surface area contributed by atoms with Gasteiger partial charge in [-0.15, -0.1) is 0 Å². The van der Waals surface area contributed by atoms with E-state index in [4.69, 9.17) is 11.6 Å². The van der Waals surface area contributed by atoms with Gasteiger partial charge >= 0.3 is 6.18 Å². The van der Waals surface area contributed by atoms with Crippen molar-refractivity contribution in [3.63, 3.8) is 0 Å². The van der Waals surface area contributed by atoms with Gasteiger partial charge in [-0.1, -0.05) is 17.7 Å². The summed E-state index contributed by atoms with van der Waals surface area (Å²) in [5.41, 5.74) is 1.57. The van der Waals surface area contributed by atoms with Gasteiger partial charge in [0.25, 0.3) is 0 Å². The number of nitrogens with one attached hydrogen (secondary N) is 1. The zero-order valence-electron chi connectivity index (χ0n) is 7.74. The van der Waals surface area contributed by atoms with Crippen molar-refractivity contribution in [3.8, 4) is 0 Å². The Morgan fingerprint density at radius 3 is 2.67 bits per heavy atom. The number of benzene rings is 1. The van der Waals surface area contributed by atoms with E-state index in [0.29, 0.717) is 10.6 Å². The number of halogens is 4. The van der Waals surface area contributed by atoms with Crippen molar-refractivity contribution in [3.05, 3.63) is 34.3 Å². The second-order valence-corrected chi connectivity index (χ2v) is 4.03. The number of alkyl halides is 3. The second kappa shape index (κ2) is 3.68. The van der Waals surface area contributed by atoms with Crippen molar-refractivity contribution in [2.75, 3.05) is 0 Å². The first-order valence-corrected chi connectivity index (χ1v) is 4.92. The highest BCUT2D eigenvalue weighted by Gasteiger charge is 2.41. The average molecular weight is 236 g/mol. The number of hydrogen-bond acceptors (Lipinski definition) is 1. The number of hydrogen-bond donors (Lipinski definition) is 1. The lowest BCUT2D eigenvalue weighted by Crippen LogP contribution is -2.46. The molecule has 0 bridgehead atoms. The van der Waals surface area contributed by atoms with E-state index >= 15 is 0 Å². The van der Waals surface area contributed by atoms with Gasteiger partial charge in [0.05, 0.1) is 0 Å². The Kier molecular flexibility index (Phi) is 2.64. The van der Waals surface area contributed by atoms with Crippen LogP contribution in [0.3, 0.4) is 0 Å². The van der Waals surface area contributed by atoms with Gasteiger partial charge in [0, 0.05) is 11.6 Å². The van der Waals surface area contributed by atoms with Crippen LogP contribution in [0.5, 0.6) is 0 Å². The summed E-state index contributed by atoms with van der Waals surface area (Å²) in [6.45, 7) is 0.247. The van der Waals surface area contributed by atoms with Crippen molar-refractivity contribution >= 4 is 11.6 Å². The molecule has 0 aromatic heterocycles. The summed E-state index contributed by atoms with van der Waals surface area (Å²) in [6.07, 6.45) is -4.24. The van der Waals surface area contributed by atoms with Gasteiger partial charge in [-0.05, 0) is 29.7 Å². The molecule has 82 valence electrons. The lowest BCUT2D eigenvalue weighted by Gasteiger charge is -2.27. The summed E-state index contributed by atoms with van der Waals surface area (Å²) in [5.74, 6) is 0. The van der Waals surface area contributed by atoms with E-state index in [2.05, 4.69) is 5.32 Å². The van der Waals surface area contributed by atoms with Crippen LogP contribution in [0.1, 0.15) is 11.1 Å². The third-order valence-corrected chi connectivity index (χ3v) is 2.76. The molecule has 0 amide bonds. The molecular formula is C10H9ClF3N. The molecule has 0 saturated carbocycles. The van der Waals surface area contributed by atoms with Crippen LogP contribution in [-0.2, 0) is 13.0 Å². The van der Waals surface area contributed by atoms with Crippen molar-refractivity contribution in [1.82, 2.24) is 5.32 Å². The van der Waals surface area contributed by atoms with E-state index in [-0.39, 0.29) is 13.0 Å². The van der Waals surface area contributed by atoms with Gasteiger partial charge in [-0.3, -0.25) is 0 Å². The summed E-state index contributed by atoms with van der Waals surface area (Å²) in [5, 5.41) is 2.95. The summed E-state index contributed by atoms with van der Waals surface area (Å²) >= 11 is 5.74. The lowest BCUT2D eigenvalue weighted by molar-refractivity contribution is -0.157. The molecular weight excluding hydrogens is 227 g/mol. The molecule has 1 aromatic carbocycles. The molecule has 5 heteroatoms. The van der Waals surface area contributed by atoms with Crippen LogP contribution in [0, 0.1) is 0 Å². The van der Waals surface area contributed by atoms with Crippen molar-refractivity contribution < 1.29 is 13.2 Å². The first-order valence-electron chi connectivity index (χ1n) is 4.54. The predicted octanol–water partition coefficient (Wildman–Crippen LogP) is 2.92. The van der Waals surface area contributed by atoms with Gasteiger partial charge in [0.15, 0.2) is 0 Å². The Bertz CT molecular complexity index is 375. The molecule has 0 aliphatic carbocycles. The minimum Gasteiger partial charge on any atom is -0.302 e. The number of fused-ring (bicyclic) bond motifs is 1. The first kappa shape index (κ1) is 10.8. The van der Waals surface area contributed by atoms with Crippen molar-refractivity contribution in [2.24, 2.45) is 0 Å². The fraction of sp³-hybridized carbons (Fsp3) is 0.400. The normalized spacial score (nSPS) is 21.2. The Morgan fingerprint density at radius 2 is 2.00 bits per heavy atom. The van der Waals surface area contributed by atoms with Crippen LogP contribution < -0.4 is 5.32 Å². The highest BCUT2D eigenvalue weighted by atomic mass is 35.5. The number of rotatable bonds is 0. The minimum atomic E-state index is -4.19. The largest absolute Gasteiger partial charge is 0.404 e. The third kappa shape index (κ3) is 2.26. The molecule has 1 heterocycles. The minimum absolute atomic E-state index is 0.0423. The molecule has 0 spiro atoms. The van der Waals surface area contributed by atoms with Gasteiger partial charge in [0.2, 0.25) is 0 Å². The monoisotopic (exact) mass is 235 g/mol. The maximum Gasteiger partial charge on any atom is 0.404 e. The third-order valence-electron chi connectivity index (χ3n) is 2.53. The Labute approximate surface area is 90.2 Å². The summed E-state index contributed by atoms with van der Waals surface area (Å²) in [6, 6.07) is 3.60. The van der Waals surface area contributed by atoms with Crippen molar-refractivity contribution in [1.29, 1.82) is 0 Å². The van der Waals surface area contributed by atoms with Crippen LogP contribution >= 0.6 is 11.6 Å². The van der Waals surface area contributed by atoms with E-state index in [9.17, 15) is 13.2 Å². The Hall–Kier alpha value is -0.740. The molecule has 1 N–H and O–H groups in total. The molecule has 1 aliphatic rings. The van der Waals surface area contributed by atoms with Gasteiger partial charge in [0.1, 0.15) is 6.04 Å². The van der Waals surface area contributed by atoms with E-state index in [1.807, 2.05) is 0 Å². The van der Waals surface area contributed by atoms with Crippen molar-refractivity contribution in [2.45, 2.75) is 25.2 Å². The van der Waals surface area contributed by atoms with E-state index in [1.165, 1.54) is 0 Å². The molecule has 0 fully saturated rings. The highest BCUT2D eigenvalue weighted by Crippen LogP contribution is 2.29. The van der Waals surface area contributed by atoms with E-state index in [1.54, 1.807) is 18.2 Å². The van der Waals surface area contributed by atoms with Crippen LogP contribution in [0.25, 0.3) is 0 Å². The lowest BCUT2D eigenvalue weighted by atomic mass is 9.96. The molecule has 2 rings (SSSR count). The highest BCUT2D eigenvalue weighted by molar-refractivity contribution is 6.30. The molecule has 0 saturated heterocycles. The summed E-state index contributed by atoms with van der Waals surface area (Å²) in [4.78, 5) is 0. The Balaban J connectivity index is 2.26. The smallest absolute Gasteiger partial charge is 0.302 e. The van der Waals surface area contributed by atoms with Gasteiger partial charge < -0.3 is 5.32 Å². The molecule has 0 radical (unpaired) electrons. The molecule has 1 nitrogen and oxygen atoms in total. The fourth-order valence-electron chi connectivity index (χ4n) is 1.71. The fourth-order valence-corrected chi connectivity index (χ4v) is 1.91. The summed E-state index contributed by atoms with van der Waals surface area (Å²) < 4.78 is 37.3. The van der Waals surface area contributed by atoms with E-state index in [0.717, 1.165) is 5.56 Å². The average Bonchev–Trinajstić information content (AvgIpc) is 2.15. The molecule has 15 heavy (non-hydrogen) atoms. The van der Waals surface area contributed by atoms with Gasteiger partial charge in [-0.25, -0.2) is 0 Å². The summed E-state index contributed by atoms with van der Waals surface area (Å²) in [7, 11) is 0. The second-order valence-electron chi connectivity index (χ2n) is 3.59. The SMILES string of the molecule is FC(F)(F)C1Cc2cc(Cl)ccc2CN1. The van der Waals surface area contributed by atoms with Gasteiger partial charge in [-0.2, -0.15) is 13.2 Å². The predicted molar refractivity (Wildman–Crippen MR) is 51.8 cm³/mol.